The molecule has 0 heterocycles. The van der Waals surface area contributed by atoms with Crippen molar-refractivity contribution < 1.29 is 28.6 Å². The highest BCUT2D eigenvalue weighted by Gasteiger charge is 2.40. The monoisotopic (exact) mass is 507 g/mol. The van der Waals surface area contributed by atoms with Crippen molar-refractivity contribution in [2.75, 3.05) is 7.11 Å². The Balaban J connectivity index is 2.28. The van der Waals surface area contributed by atoms with Gasteiger partial charge >= 0.3 is 11.9 Å². The van der Waals surface area contributed by atoms with Gasteiger partial charge in [-0.15, -0.1) is 0 Å². The molecule has 1 N–H and O–H groups in total. The lowest BCUT2D eigenvalue weighted by atomic mass is 9.78. The predicted octanol–water partition coefficient (Wildman–Crippen LogP) is 5.37. The fraction of sp³-hybridized carbons (Fsp3) is 0.433. The number of carbonyl (C=O) groups excluding carboxylic acids is 3. The average Bonchev–Trinajstić information content (AvgIpc) is 2.76. The molecule has 7 nitrogen and oxygen atoms in total. The maximum atomic E-state index is 13.7. The van der Waals surface area contributed by atoms with Crippen LogP contribution in [0.1, 0.15) is 61.0 Å². The summed E-state index contributed by atoms with van der Waals surface area (Å²) in [6, 6.07) is 10.9. The minimum Gasteiger partial charge on any atom is -0.497 e. The molecule has 0 bridgehead atoms. The van der Waals surface area contributed by atoms with Crippen molar-refractivity contribution >= 4 is 34.2 Å². The molecule has 1 amide bonds. The normalized spacial score (nSPS) is 18.2. The van der Waals surface area contributed by atoms with Crippen LogP contribution in [0.3, 0.4) is 0 Å². The first kappa shape index (κ1) is 28.0. The minimum atomic E-state index is -0.786. The van der Waals surface area contributed by atoms with E-state index in [4.69, 9.17) is 14.2 Å². The molecule has 0 fully saturated rings. The van der Waals surface area contributed by atoms with E-state index < -0.39 is 35.1 Å². The molecule has 1 aliphatic carbocycles. The SMILES string of the molecule is COc1ccc2cc(C3=C[C@H](NC(C)=O)[C@H](C)C(C(=O)OC(C)(C)C)=C3C(=O)OC(C)(C)C)ccc2c1. The molecule has 3 rings (SSSR count). The van der Waals surface area contributed by atoms with Gasteiger partial charge < -0.3 is 19.5 Å². The predicted molar refractivity (Wildman–Crippen MR) is 144 cm³/mol. The Morgan fingerprint density at radius 1 is 0.838 bits per heavy atom. The van der Waals surface area contributed by atoms with Crippen molar-refractivity contribution in [2.24, 2.45) is 5.92 Å². The van der Waals surface area contributed by atoms with Crippen LogP contribution in [0.25, 0.3) is 16.3 Å². The first-order valence-corrected chi connectivity index (χ1v) is 12.4. The summed E-state index contributed by atoms with van der Waals surface area (Å²) >= 11 is 0. The van der Waals surface area contributed by atoms with E-state index in [1.807, 2.05) is 42.5 Å². The second-order valence-electron chi connectivity index (χ2n) is 11.3. The summed E-state index contributed by atoms with van der Waals surface area (Å²) in [5, 5.41) is 4.80. The Labute approximate surface area is 218 Å². The molecule has 2 aromatic carbocycles. The van der Waals surface area contributed by atoms with E-state index in [2.05, 4.69) is 5.32 Å². The van der Waals surface area contributed by atoms with Crippen molar-refractivity contribution in [3.05, 3.63) is 59.2 Å². The number of hydrogen-bond donors (Lipinski definition) is 1. The van der Waals surface area contributed by atoms with Crippen molar-refractivity contribution in [1.29, 1.82) is 0 Å². The summed E-state index contributed by atoms with van der Waals surface area (Å²) in [6.07, 6.45) is 1.82. The maximum Gasteiger partial charge on any atom is 0.339 e. The lowest BCUT2D eigenvalue weighted by Gasteiger charge is -2.33. The third-order valence-corrected chi connectivity index (χ3v) is 5.83. The van der Waals surface area contributed by atoms with Gasteiger partial charge in [0.05, 0.1) is 24.3 Å². The van der Waals surface area contributed by atoms with Gasteiger partial charge in [-0.05, 0) is 81.7 Å². The fourth-order valence-corrected chi connectivity index (χ4v) is 4.29. The molecular formula is C30H37NO6. The Hall–Kier alpha value is -3.61. The summed E-state index contributed by atoms with van der Waals surface area (Å²) < 4.78 is 16.8. The standard InChI is InChI=1S/C30H37NO6/c1-17-24(31-18(2)32)16-23(21-11-10-20-15-22(35-9)13-12-19(20)14-21)26(28(34)37-30(6,7)8)25(17)27(33)36-29(3,4)5/h10-17,24H,1-9H3,(H,31,32)/t17-,24-/m0/s1. The smallest absolute Gasteiger partial charge is 0.339 e. The Morgan fingerprint density at radius 3 is 1.97 bits per heavy atom. The van der Waals surface area contributed by atoms with Gasteiger partial charge in [0, 0.05) is 12.8 Å². The van der Waals surface area contributed by atoms with Crippen LogP contribution in [0.2, 0.25) is 0 Å². The highest BCUT2D eigenvalue weighted by atomic mass is 16.6. The van der Waals surface area contributed by atoms with E-state index in [1.165, 1.54) is 6.92 Å². The molecule has 0 spiro atoms. The number of rotatable bonds is 5. The van der Waals surface area contributed by atoms with Crippen molar-refractivity contribution in [3.8, 4) is 5.75 Å². The number of nitrogens with one attached hydrogen (secondary N) is 1. The zero-order valence-corrected chi connectivity index (χ0v) is 23.1. The number of methoxy groups -OCH3 is 1. The van der Waals surface area contributed by atoms with Crippen LogP contribution in [-0.4, -0.2) is 42.2 Å². The van der Waals surface area contributed by atoms with E-state index in [-0.39, 0.29) is 17.1 Å². The highest BCUT2D eigenvalue weighted by molar-refractivity contribution is 6.14. The van der Waals surface area contributed by atoms with Gasteiger partial charge in [-0.2, -0.15) is 0 Å². The summed E-state index contributed by atoms with van der Waals surface area (Å²) in [7, 11) is 1.61. The van der Waals surface area contributed by atoms with Crippen molar-refractivity contribution in [2.45, 2.75) is 72.6 Å². The molecule has 0 aliphatic heterocycles. The summed E-state index contributed by atoms with van der Waals surface area (Å²) in [6.45, 7) is 13.9. The first-order chi connectivity index (χ1) is 17.1. The number of esters is 2. The van der Waals surface area contributed by atoms with E-state index in [0.717, 1.165) is 16.5 Å². The Kier molecular flexibility index (Phi) is 7.86. The highest BCUT2D eigenvalue weighted by Crippen LogP contribution is 2.39. The van der Waals surface area contributed by atoms with Crippen LogP contribution in [0, 0.1) is 5.92 Å². The molecule has 0 radical (unpaired) electrons. The van der Waals surface area contributed by atoms with Gasteiger partial charge in [0.15, 0.2) is 0 Å². The zero-order valence-electron chi connectivity index (χ0n) is 23.1. The Bertz CT molecular complexity index is 1290. The Morgan fingerprint density at radius 2 is 1.41 bits per heavy atom. The molecule has 2 atom stereocenters. The van der Waals surface area contributed by atoms with Gasteiger partial charge in [-0.25, -0.2) is 9.59 Å². The minimum absolute atomic E-state index is 0.145. The number of ether oxygens (including phenoxy) is 3. The number of hydrogen-bond acceptors (Lipinski definition) is 6. The summed E-state index contributed by atoms with van der Waals surface area (Å²) in [4.78, 5) is 39.3. The van der Waals surface area contributed by atoms with Crippen LogP contribution in [-0.2, 0) is 23.9 Å². The maximum absolute atomic E-state index is 13.7. The van der Waals surface area contributed by atoms with E-state index in [9.17, 15) is 14.4 Å². The van der Waals surface area contributed by atoms with Gasteiger partial charge in [-0.1, -0.05) is 31.2 Å². The molecule has 198 valence electrons. The topological polar surface area (TPSA) is 90.9 Å². The van der Waals surface area contributed by atoms with E-state index in [0.29, 0.717) is 11.1 Å². The average molecular weight is 508 g/mol. The number of fused-ring (bicyclic) bond motifs is 1. The van der Waals surface area contributed by atoms with Gasteiger partial charge in [0.1, 0.15) is 17.0 Å². The van der Waals surface area contributed by atoms with Gasteiger partial charge in [0.25, 0.3) is 0 Å². The van der Waals surface area contributed by atoms with Gasteiger partial charge in [-0.3, -0.25) is 4.79 Å². The third-order valence-electron chi connectivity index (χ3n) is 5.83. The van der Waals surface area contributed by atoms with Crippen LogP contribution < -0.4 is 10.1 Å². The molecular weight excluding hydrogens is 470 g/mol. The molecule has 1 aliphatic rings. The lowest BCUT2D eigenvalue weighted by molar-refractivity contribution is -0.153. The third kappa shape index (κ3) is 6.79. The van der Waals surface area contributed by atoms with E-state index in [1.54, 1.807) is 55.6 Å². The lowest BCUT2D eigenvalue weighted by Crippen LogP contribution is -2.43. The van der Waals surface area contributed by atoms with Crippen LogP contribution in [0.5, 0.6) is 5.75 Å². The molecule has 0 saturated carbocycles. The number of benzene rings is 2. The van der Waals surface area contributed by atoms with Crippen molar-refractivity contribution in [1.82, 2.24) is 5.32 Å². The molecule has 0 unspecified atom stereocenters. The van der Waals surface area contributed by atoms with Crippen LogP contribution >= 0.6 is 0 Å². The van der Waals surface area contributed by atoms with Crippen molar-refractivity contribution in [3.63, 3.8) is 0 Å². The number of amides is 1. The van der Waals surface area contributed by atoms with Crippen LogP contribution in [0.15, 0.2) is 53.6 Å². The largest absolute Gasteiger partial charge is 0.497 e. The second kappa shape index (κ2) is 10.4. The van der Waals surface area contributed by atoms with E-state index >= 15 is 0 Å². The fourth-order valence-electron chi connectivity index (χ4n) is 4.29. The zero-order chi connectivity index (χ0) is 27.7. The quantitative estimate of drug-likeness (QED) is 0.548. The molecule has 2 aromatic rings. The molecule has 37 heavy (non-hydrogen) atoms. The molecule has 0 saturated heterocycles. The number of carbonyl (C=O) groups is 3. The van der Waals surface area contributed by atoms with Gasteiger partial charge in [0.2, 0.25) is 5.91 Å². The molecule has 7 heteroatoms. The molecule has 0 aromatic heterocycles. The second-order valence-corrected chi connectivity index (χ2v) is 11.3. The first-order valence-electron chi connectivity index (χ1n) is 12.4. The summed E-state index contributed by atoms with van der Waals surface area (Å²) in [5.74, 6) is -1.29. The van der Waals surface area contributed by atoms with Crippen LogP contribution in [0.4, 0.5) is 0 Å². The summed E-state index contributed by atoms with van der Waals surface area (Å²) in [5.41, 5.74) is -0.0328.